The number of nitrogens with one attached hydrogen (secondary N) is 3. The summed E-state index contributed by atoms with van der Waals surface area (Å²) in [5.41, 5.74) is 4.59. The Hall–Kier alpha value is -3.26. The van der Waals surface area contributed by atoms with Crippen molar-refractivity contribution in [2.45, 2.75) is 69.1 Å². The molecule has 1 aromatic heterocycles. The van der Waals surface area contributed by atoms with Gasteiger partial charge in [0, 0.05) is 34.6 Å². The summed E-state index contributed by atoms with van der Waals surface area (Å²) in [6, 6.07) is 14.2. The second-order valence-electron chi connectivity index (χ2n) is 10.7. The van der Waals surface area contributed by atoms with Gasteiger partial charge in [0.05, 0.1) is 6.04 Å². The average Bonchev–Trinajstić information content (AvgIpc) is 3.46. The van der Waals surface area contributed by atoms with Crippen LogP contribution < -0.4 is 10.6 Å². The summed E-state index contributed by atoms with van der Waals surface area (Å²) in [6.45, 7) is 0. The van der Waals surface area contributed by atoms with Crippen LogP contribution in [0.4, 0.5) is 0 Å². The molecule has 0 radical (unpaired) electrons. The van der Waals surface area contributed by atoms with Crippen LogP contribution in [-0.4, -0.2) is 57.7 Å². The first-order chi connectivity index (χ1) is 18.6. The standard InChI is InChI=1S/C30H34N4O3S/c1-38-16-15-24(28(35)31-18-9-3-2-4-10-18)33-29(36)25-17-22-19-11-7-8-14-23(19)32-26(22)27-20-12-5-6-13-21(20)30(37)34(25)27/h5-8,11-14,18,24-25,27,32H,2-4,9-10,15-17H2,1H3,(H,31,35)(H,33,36)/t24-,25+,27-/m0/s1. The number of para-hydroxylation sites is 1. The minimum absolute atomic E-state index is 0.115. The molecule has 7 nitrogen and oxygen atoms in total. The maximum Gasteiger partial charge on any atom is 0.255 e. The van der Waals surface area contributed by atoms with Gasteiger partial charge < -0.3 is 20.5 Å². The molecular formula is C30H34N4O3S. The second kappa shape index (κ2) is 10.5. The van der Waals surface area contributed by atoms with E-state index in [1.54, 1.807) is 16.7 Å². The van der Waals surface area contributed by atoms with E-state index in [2.05, 4.69) is 21.7 Å². The van der Waals surface area contributed by atoms with Gasteiger partial charge in [-0.05, 0) is 54.5 Å². The molecule has 0 spiro atoms. The van der Waals surface area contributed by atoms with Crippen LogP contribution in [0.1, 0.15) is 71.7 Å². The number of fused-ring (bicyclic) bond motifs is 7. The van der Waals surface area contributed by atoms with E-state index in [1.165, 1.54) is 6.42 Å². The average molecular weight is 531 g/mol. The fraction of sp³-hybridized carbons (Fsp3) is 0.433. The van der Waals surface area contributed by atoms with Gasteiger partial charge in [-0.3, -0.25) is 14.4 Å². The van der Waals surface area contributed by atoms with E-state index < -0.39 is 12.1 Å². The molecule has 38 heavy (non-hydrogen) atoms. The maximum absolute atomic E-state index is 14.0. The van der Waals surface area contributed by atoms with Crippen molar-refractivity contribution in [2.24, 2.45) is 0 Å². The molecule has 0 saturated heterocycles. The molecule has 6 rings (SSSR count). The van der Waals surface area contributed by atoms with Gasteiger partial charge in [-0.15, -0.1) is 0 Å². The summed E-state index contributed by atoms with van der Waals surface area (Å²) in [5, 5.41) is 7.34. The van der Waals surface area contributed by atoms with Crippen molar-refractivity contribution in [1.82, 2.24) is 20.5 Å². The summed E-state index contributed by atoms with van der Waals surface area (Å²) in [5.74, 6) is 0.242. The highest BCUT2D eigenvalue weighted by atomic mass is 32.2. The van der Waals surface area contributed by atoms with Gasteiger partial charge in [-0.25, -0.2) is 0 Å². The Labute approximate surface area is 227 Å². The van der Waals surface area contributed by atoms with Gasteiger partial charge in [0.25, 0.3) is 5.91 Å². The number of H-pyrrole nitrogens is 1. The predicted molar refractivity (Wildman–Crippen MR) is 150 cm³/mol. The number of thioether (sulfide) groups is 1. The SMILES string of the molecule is CSCC[C@H](NC(=O)[C@H]1Cc2c([nH]c3ccccc23)[C@@H]2c3ccccc3C(=O)N21)C(=O)NC1CCCCC1. The Morgan fingerprint density at radius 2 is 1.84 bits per heavy atom. The molecule has 1 saturated carbocycles. The summed E-state index contributed by atoms with van der Waals surface area (Å²) in [4.78, 5) is 46.2. The normalized spacial score (nSPS) is 21.5. The minimum atomic E-state index is -0.703. The van der Waals surface area contributed by atoms with Crippen LogP contribution in [0.15, 0.2) is 48.5 Å². The lowest BCUT2D eigenvalue weighted by molar-refractivity contribution is -0.132. The predicted octanol–water partition coefficient (Wildman–Crippen LogP) is 4.32. The molecule has 1 aliphatic carbocycles. The van der Waals surface area contributed by atoms with Crippen molar-refractivity contribution >= 4 is 40.4 Å². The van der Waals surface area contributed by atoms with Gasteiger partial charge in [0.15, 0.2) is 0 Å². The topological polar surface area (TPSA) is 94.3 Å². The number of nitrogens with zero attached hydrogens (tertiary/aromatic N) is 1. The first kappa shape index (κ1) is 25.0. The maximum atomic E-state index is 14.0. The first-order valence-corrected chi connectivity index (χ1v) is 15.1. The third-order valence-electron chi connectivity index (χ3n) is 8.35. The number of carbonyl (C=O) groups excluding carboxylic acids is 3. The molecule has 8 heteroatoms. The molecule has 0 bridgehead atoms. The largest absolute Gasteiger partial charge is 0.356 e. The number of rotatable bonds is 7. The fourth-order valence-electron chi connectivity index (χ4n) is 6.46. The smallest absolute Gasteiger partial charge is 0.255 e. The number of amides is 3. The third kappa shape index (κ3) is 4.38. The summed E-state index contributed by atoms with van der Waals surface area (Å²) in [6.07, 6.45) is 8.40. The van der Waals surface area contributed by atoms with E-state index >= 15 is 0 Å². The van der Waals surface area contributed by atoms with Crippen molar-refractivity contribution in [3.05, 3.63) is 70.9 Å². The Balaban J connectivity index is 1.32. The molecular weight excluding hydrogens is 496 g/mol. The molecule has 3 aromatic rings. The highest BCUT2D eigenvalue weighted by Gasteiger charge is 2.49. The summed E-state index contributed by atoms with van der Waals surface area (Å²) < 4.78 is 0. The van der Waals surface area contributed by atoms with Crippen LogP contribution in [0, 0.1) is 0 Å². The summed E-state index contributed by atoms with van der Waals surface area (Å²) >= 11 is 1.66. The minimum Gasteiger partial charge on any atom is -0.356 e. The summed E-state index contributed by atoms with van der Waals surface area (Å²) in [7, 11) is 0. The lowest BCUT2D eigenvalue weighted by Gasteiger charge is -2.38. The van der Waals surface area contributed by atoms with Crippen molar-refractivity contribution < 1.29 is 14.4 Å². The van der Waals surface area contributed by atoms with Crippen molar-refractivity contribution in [3.63, 3.8) is 0 Å². The first-order valence-electron chi connectivity index (χ1n) is 13.7. The number of benzene rings is 2. The van der Waals surface area contributed by atoms with E-state index in [1.807, 2.05) is 48.7 Å². The Morgan fingerprint density at radius 3 is 2.66 bits per heavy atom. The monoisotopic (exact) mass is 530 g/mol. The van der Waals surface area contributed by atoms with Crippen LogP contribution in [-0.2, 0) is 16.0 Å². The zero-order valence-corrected chi connectivity index (χ0v) is 22.5. The Kier molecular flexibility index (Phi) is 6.91. The fourth-order valence-corrected chi connectivity index (χ4v) is 6.93. The van der Waals surface area contributed by atoms with Gasteiger partial charge >= 0.3 is 0 Å². The molecule has 0 unspecified atom stereocenters. The lowest BCUT2D eigenvalue weighted by atomic mass is 9.89. The van der Waals surface area contributed by atoms with Gasteiger partial charge in [0.1, 0.15) is 12.1 Å². The number of carbonyl (C=O) groups is 3. The van der Waals surface area contributed by atoms with E-state index in [0.717, 1.165) is 59.2 Å². The van der Waals surface area contributed by atoms with Crippen LogP contribution >= 0.6 is 11.8 Å². The van der Waals surface area contributed by atoms with Gasteiger partial charge in [-0.1, -0.05) is 55.7 Å². The van der Waals surface area contributed by atoms with Gasteiger partial charge in [0.2, 0.25) is 11.8 Å². The molecule has 3 aliphatic rings. The number of aromatic nitrogens is 1. The van der Waals surface area contributed by atoms with E-state index in [4.69, 9.17) is 0 Å². The molecule has 3 atom stereocenters. The molecule has 3 N–H and O–H groups in total. The van der Waals surface area contributed by atoms with Crippen molar-refractivity contribution in [3.8, 4) is 0 Å². The van der Waals surface area contributed by atoms with Gasteiger partial charge in [-0.2, -0.15) is 11.8 Å². The Bertz CT molecular complexity index is 1380. The second-order valence-corrected chi connectivity index (χ2v) is 11.7. The zero-order valence-electron chi connectivity index (χ0n) is 21.7. The van der Waals surface area contributed by atoms with Crippen LogP contribution in [0.5, 0.6) is 0 Å². The van der Waals surface area contributed by atoms with Crippen molar-refractivity contribution in [1.29, 1.82) is 0 Å². The molecule has 198 valence electrons. The van der Waals surface area contributed by atoms with E-state index in [-0.39, 0.29) is 29.8 Å². The number of hydrogen-bond donors (Lipinski definition) is 3. The van der Waals surface area contributed by atoms with Crippen molar-refractivity contribution in [2.75, 3.05) is 12.0 Å². The quantitative estimate of drug-likeness (QED) is 0.424. The van der Waals surface area contributed by atoms with Crippen LogP contribution in [0.2, 0.25) is 0 Å². The lowest BCUT2D eigenvalue weighted by Crippen LogP contribution is -2.57. The molecule has 2 aromatic carbocycles. The molecule has 2 aliphatic heterocycles. The zero-order chi connectivity index (χ0) is 26.2. The van der Waals surface area contributed by atoms with Crippen LogP contribution in [0.25, 0.3) is 10.9 Å². The molecule has 3 heterocycles. The Morgan fingerprint density at radius 1 is 1.08 bits per heavy atom. The highest BCUT2D eigenvalue weighted by Crippen LogP contribution is 2.46. The molecule has 3 amide bonds. The number of aromatic amines is 1. The van der Waals surface area contributed by atoms with E-state index in [9.17, 15) is 14.4 Å². The van der Waals surface area contributed by atoms with E-state index in [0.29, 0.717) is 18.4 Å². The molecule has 1 fully saturated rings. The number of hydrogen-bond acceptors (Lipinski definition) is 4. The highest BCUT2D eigenvalue weighted by molar-refractivity contribution is 7.98. The third-order valence-corrected chi connectivity index (χ3v) is 8.99. The van der Waals surface area contributed by atoms with Crippen LogP contribution in [0.3, 0.4) is 0 Å².